The molecule has 104 valence electrons. The van der Waals surface area contributed by atoms with Crippen LogP contribution in [0.5, 0.6) is 0 Å². The molecule has 0 N–H and O–H groups in total. The molecule has 0 unspecified atom stereocenters. The van der Waals surface area contributed by atoms with Crippen LogP contribution in [-0.4, -0.2) is 55.9 Å². The summed E-state index contributed by atoms with van der Waals surface area (Å²) in [6, 6.07) is 0. The lowest BCUT2D eigenvalue weighted by molar-refractivity contribution is 0.162. The third-order valence-electron chi connectivity index (χ3n) is 3.38. The number of likely N-dealkylation sites (N-methyl/N-ethyl adjacent to an activating group) is 2. The summed E-state index contributed by atoms with van der Waals surface area (Å²) in [7, 11) is 6.54. The summed E-state index contributed by atoms with van der Waals surface area (Å²) in [5, 5.41) is 1.13. The first-order valence-electron chi connectivity index (χ1n) is 6.89. The molecule has 17 heavy (non-hydrogen) atoms. The molecule has 0 fully saturated rings. The van der Waals surface area contributed by atoms with Crippen LogP contribution in [0.25, 0.3) is 0 Å². The lowest BCUT2D eigenvalue weighted by Gasteiger charge is -2.36. The van der Waals surface area contributed by atoms with Gasteiger partial charge < -0.3 is 9.80 Å². The lowest BCUT2D eigenvalue weighted by atomic mass is 9.81. The fourth-order valence-corrected chi connectivity index (χ4v) is 3.28. The van der Waals surface area contributed by atoms with Gasteiger partial charge in [-0.1, -0.05) is 42.6 Å². The minimum absolute atomic E-state index is 0.477. The number of nitrogens with zero attached hydrogens (tertiary/aromatic N) is 2. The number of hydrogen-bond acceptors (Lipinski definition) is 2. The summed E-state index contributed by atoms with van der Waals surface area (Å²) >= 11 is 3.75. The van der Waals surface area contributed by atoms with E-state index < -0.39 is 0 Å². The van der Waals surface area contributed by atoms with Crippen molar-refractivity contribution < 1.29 is 0 Å². The highest BCUT2D eigenvalue weighted by atomic mass is 79.9. The Morgan fingerprint density at radius 3 is 1.82 bits per heavy atom. The maximum atomic E-state index is 3.75. The second kappa shape index (κ2) is 9.35. The van der Waals surface area contributed by atoms with Crippen LogP contribution in [0, 0.1) is 5.41 Å². The summed E-state index contributed by atoms with van der Waals surface area (Å²) < 4.78 is 0. The molecule has 0 aromatic heterocycles. The Morgan fingerprint density at radius 1 is 0.941 bits per heavy atom. The van der Waals surface area contributed by atoms with Crippen molar-refractivity contribution in [3.8, 4) is 0 Å². The largest absolute Gasteiger partial charge is 0.308 e. The molecule has 0 saturated carbocycles. The first kappa shape index (κ1) is 17.4. The molecule has 0 rings (SSSR count). The van der Waals surface area contributed by atoms with E-state index in [0.717, 1.165) is 18.4 Å². The molecule has 0 heterocycles. The van der Waals surface area contributed by atoms with Crippen LogP contribution in [-0.2, 0) is 0 Å². The van der Waals surface area contributed by atoms with Crippen LogP contribution in [0.1, 0.15) is 39.5 Å². The van der Waals surface area contributed by atoms with Crippen LogP contribution in [0.3, 0.4) is 0 Å². The topological polar surface area (TPSA) is 6.48 Å². The van der Waals surface area contributed by atoms with Gasteiger partial charge in [0.2, 0.25) is 0 Å². The van der Waals surface area contributed by atoms with Crippen LogP contribution in [0.2, 0.25) is 0 Å². The zero-order chi connectivity index (χ0) is 13.3. The Kier molecular flexibility index (Phi) is 9.57. The van der Waals surface area contributed by atoms with Crippen molar-refractivity contribution >= 4 is 15.9 Å². The zero-order valence-electron chi connectivity index (χ0n) is 12.4. The highest BCUT2D eigenvalue weighted by molar-refractivity contribution is 9.09. The molecule has 2 nitrogen and oxygen atoms in total. The van der Waals surface area contributed by atoms with E-state index in [0.29, 0.717) is 5.41 Å². The number of alkyl halides is 1. The number of rotatable bonds is 10. The van der Waals surface area contributed by atoms with Gasteiger partial charge >= 0.3 is 0 Å². The Labute approximate surface area is 117 Å². The van der Waals surface area contributed by atoms with E-state index in [2.05, 4.69) is 60.7 Å². The van der Waals surface area contributed by atoms with E-state index >= 15 is 0 Å². The smallest absolute Gasteiger partial charge is 0.0106 e. The van der Waals surface area contributed by atoms with Crippen molar-refractivity contribution in [2.24, 2.45) is 5.41 Å². The molecular weight excluding hydrogens is 276 g/mol. The Balaban J connectivity index is 4.29. The molecule has 0 bridgehead atoms. The van der Waals surface area contributed by atoms with E-state index in [4.69, 9.17) is 0 Å². The molecule has 0 spiro atoms. The third kappa shape index (κ3) is 7.43. The average Bonchev–Trinajstić information content (AvgIpc) is 2.27. The molecule has 3 heteroatoms. The van der Waals surface area contributed by atoms with E-state index in [1.54, 1.807) is 0 Å². The van der Waals surface area contributed by atoms with Crippen LogP contribution < -0.4 is 0 Å². The van der Waals surface area contributed by atoms with Crippen LogP contribution in [0.4, 0.5) is 0 Å². The van der Waals surface area contributed by atoms with Crippen molar-refractivity contribution in [2.75, 3.05) is 46.1 Å². The van der Waals surface area contributed by atoms with E-state index in [1.807, 2.05) is 0 Å². The molecule has 0 aliphatic carbocycles. The minimum atomic E-state index is 0.477. The van der Waals surface area contributed by atoms with Gasteiger partial charge in [-0.15, -0.1) is 0 Å². The Bertz CT molecular complexity index is 177. The quantitative estimate of drug-likeness (QED) is 0.570. The van der Waals surface area contributed by atoms with Crippen molar-refractivity contribution in [3.63, 3.8) is 0 Å². The van der Waals surface area contributed by atoms with E-state index in [9.17, 15) is 0 Å². The minimum Gasteiger partial charge on any atom is -0.308 e. The van der Waals surface area contributed by atoms with Crippen LogP contribution >= 0.6 is 15.9 Å². The van der Waals surface area contributed by atoms with E-state index in [1.165, 1.54) is 32.2 Å². The maximum Gasteiger partial charge on any atom is 0.0106 e. The SMILES string of the molecule is CCCC(CBr)(CCC)CN(C)CCN(C)C. The highest BCUT2D eigenvalue weighted by Crippen LogP contribution is 2.32. The van der Waals surface area contributed by atoms with Crippen molar-refractivity contribution in [2.45, 2.75) is 39.5 Å². The first-order valence-corrected chi connectivity index (χ1v) is 8.01. The third-order valence-corrected chi connectivity index (χ3v) is 4.57. The Hall–Kier alpha value is 0.400. The van der Waals surface area contributed by atoms with Gasteiger partial charge in [0, 0.05) is 25.0 Å². The monoisotopic (exact) mass is 306 g/mol. The second-order valence-electron chi connectivity index (χ2n) is 5.67. The van der Waals surface area contributed by atoms with Gasteiger partial charge in [0.05, 0.1) is 0 Å². The normalized spacial score (nSPS) is 12.7. The maximum absolute atomic E-state index is 3.75. The summed E-state index contributed by atoms with van der Waals surface area (Å²) in [5.41, 5.74) is 0.477. The standard InChI is InChI=1S/C14H31BrN2/c1-6-8-14(12-15,9-7-2)13-17(5)11-10-16(3)4/h6-13H2,1-5H3. The first-order chi connectivity index (χ1) is 7.99. The van der Waals surface area contributed by atoms with Gasteiger partial charge in [-0.05, 0) is 39.4 Å². The average molecular weight is 307 g/mol. The summed E-state index contributed by atoms with van der Waals surface area (Å²) in [6.07, 6.45) is 5.23. The second-order valence-corrected chi connectivity index (χ2v) is 6.24. The van der Waals surface area contributed by atoms with Gasteiger partial charge in [-0.3, -0.25) is 0 Å². The van der Waals surface area contributed by atoms with Gasteiger partial charge in [0.1, 0.15) is 0 Å². The molecule has 0 aromatic carbocycles. The number of hydrogen-bond donors (Lipinski definition) is 0. The molecule has 0 atom stereocenters. The predicted molar refractivity (Wildman–Crippen MR) is 82.1 cm³/mol. The zero-order valence-corrected chi connectivity index (χ0v) is 14.0. The molecule has 0 aromatic rings. The highest BCUT2D eigenvalue weighted by Gasteiger charge is 2.28. The molecular formula is C14H31BrN2. The molecule has 0 radical (unpaired) electrons. The van der Waals surface area contributed by atoms with Crippen molar-refractivity contribution in [1.82, 2.24) is 9.80 Å². The molecule has 0 aliphatic heterocycles. The summed E-state index contributed by atoms with van der Waals surface area (Å²) in [5.74, 6) is 0. The summed E-state index contributed by atoms with van der Waals surface area (Å²) in [4.78, 5) is 4.75. The van der Waals surface area contributed by atoms with Gasteiger partial charge in [-0.2, -0.15) is 0 Å². The van der Waals surface area contributed by atoms with Gasteiger partial charge in [0.15, 0.2) is 0 Å². The predicted octanol–water partition coefficient (Wildman–Crippen LogP) is 3.46. The van der Waals surface area contributed by atoms with E-state index in [-0.39, 0.29) is 0 Å². The van der Waals surface area contributed by atoms with Crippen molar-refractivity contribution in [1.29, 1.82) is 0 Å². The number of halogens is 1. The fourth-order valence-electron chi connectivity index (χ4n) is 2.54. The van der Waals surface area contributed by atoms with Crippen molar-refractivity contribution in [3.05, 3.63) is 0 Å². The lowest BCUT2D eigenvalue weighted by Crippen LogP contribution is -2.39. The van der Waals surface area contributed by atoms with Gasteiger partial charge in [0.25, 0.3) is 0 Å². The molecule has 0 aliphatic rings. The fraction of sp³-hybridized carbons (Fsp3) is 1.00. The molecule has 0 amide bonds. The Morgan fingerprint density at radius 2 is 1.47 bits per heavy atom. The molecule has 0 saturated heterocycles. The summed E-state index contributed by atoms with van der Waals surface area (Å²) in [6.45, 7) is 8.12. The van der Waals surface area contributed by atoms with Crippen LogP contribution in [0.15, 0.2) is 0 Å². The van der Waals surface area contributed by atoms with Gasteiger partial charge in [-0.25, -0.2) is 0 Å².